The fourth-order valence-corrected chi connectivity index (χ4v) is 2.79. The zero-order valence-electron chi connectivity index (χ0n) is 15.1. The highest BCUT2D eigenvalue weighted by Crippen LogP contribution is 2.38. The van der Waals surface area contributed by atoms with Gasteiger partial charge in [-0.05, 0) is 64.0 Å². The molecule has 25 heavy (non-hydrogen) atoms. The van der Waals surface area contributed by atoms with Crippen LogP contribution in [0.3, 0.4) is 0 Å². The van der Waals surface area contributed by atoms with Gasteiger partial charge < -0.3 is 9.47 Å². The van der Waals surface area contributed by atoms with Gasteiger partial charge in [-0.1, -0.05) is 6.08 Å². The van der Waals surface area contributed by atoms with E-state index in [0.717, 1.165) is 0 Å². The van der Waals surface area contributed by atoms with E-state index in [2.05, 4.69) is 0 Å². The van der Waals surface area contributed by atoms with Crippen molar-refractivity contribution in [3.63, 3.8) is 0 Å². The van der Waals surface area contributed by atoms with Crippen LogP contribution in [0.15, 0.2) is 36.4 Å². The van der Waals surface area contributed by atoms with Gasteiger partial charge >= 0.3 is 5.97 Å². The van der Waals surface area contributed by atoms with Gasteiger partial charge in [0.05, 0.1) is 7.11 Å². The Morgan fingerprint density at radius 2 is 1.80 bits per heavy atom. The Morgan fingerprint density at radius 3 is 2.28 bits per heavy atom. The molecule has 0 N–H and O–H groups in total. The number of Topliss-reactive ketones (excluding diaryl/α,β-unsaturated/α-hetero) is 1. The number of methoxy groups -OCH3 is 1. The first kappa shape index (κ1) is 18.9. The average Bonchev–Trinajstić information content (AvgIpc) is 2.93. The van der Waals surface area contributed by atoms with E-state index in [0.29, 0.717) is 30.6 Å². The number of carbonyl (C=O) groups excluding carboxylic acids is 3. The third-order valence-corrected chi connectivity index (χ3v) is 4.13. The number of allylic oxidation sites excluding steroid dienone is 1. The molecule has 0 heterocycles. The van der Waals surface area contributed by atoms with Crippen molar-refractivity contribution in [2.24, 2.45) is 5.41 Å². The van der Waals surface area contributed by atoms with E-state index in [9.17, 15) is 14.4 Å². The molecular formula is C20H24O5. The number of carbonyl (C=O) groups is 3. The van der Waals surface area contributed by atoms with Crippen molar-refractivity contribution < 1.29 is 23.9 Å². The Balaban J connectivity index is 2.24. The van der Waals surface area contributed by atoms with Crippen molar-refractivity contribution in [1.82, 2.24) is 0 Å². The number of ketones is 2. The number of rotatable bonds is 5. The average molecular weight is 344 g/mol. The standard InChI is InChI=1S/C20H24O5/c1-19(2,3)25-18(23)20(12-5-6-17(20)22)13-11-16(21)14-7-9-15(24-4)10-8-14/h7-11,13H,5-6,12H2,1-4H3/b13-11+/t20-/m0/s1. The number of ether oxygens (including phenoxy) is 2. The van der Waals surface area contributed by atoms with Gasteiger partial charge in [0, 0.05) is 12.0 Å². The monoisotopic (exact) mass is 344 g/mol. The van der Waals surface area contributed by atoms with E-state index < -0.39 is 17.0 Å². The molecule has 0 amide bonds. The summed E-state index contributed by atoms with van der Waals surface area (Å²) in [5, 5.41) is 0. The predicted octanol–water partition coefficient (Wildman–Crippen LogP) is 3.52. The summed E-state index contributed by atoms with van der Waals surface area (Å²) in [4.78, 5) is 37.3. The van der Waals surface area contributed by atoms with Gasteiger partial charge in [-0.2, -0.15) is 0 Å². The van der Waals surface area contributed by atoms with E-state index in [1.54, 1.807) is 52.1 Å². The van der Waals surface area contributed by atoms with Gasteiger partial charge in [0.15, 0.2) is 11.6 Å². The van der Waals surface area contributed by atoms with E-state index in [-0.39, 0.29) is 11.6 Å². The molecule has 1 aliphatic carbocycles. The molecule has 1 fully saturated rings. The maximum atomic E-state index is 12.6. The van der Waals surface area contributed by atoms with Crippen LogP contribution in [0, 0.1) is 5.41 Å². The molecular weight excluding hydrogens is 320 g/mol. The summed E-state index contributed by atoms with van der Waals surface area (Å²) in [6.45, 7) is 5.26. The largest absolute Gasteiger partial charge is 0.497 e. The fourth-order valence-electron chi connectivity index (χ4n) is 2.79. The van der Waals surface area contributed by atoms with Crippen molar-refractivity contribution in [2.75, 3.05) is 7.11 Å². The summed E-state index contributed by atoms with van der Waals surface area (Å²) in [6, 6.07) is 6.65. The van der Waals surface area contributed by atoms with Gasteiger partial charge in [-0.15, -0.1) is 0 Å². The molecule has 0 unspecified atom stereocenters. The van der Waals surface area contributed by atoms with E-state index in [4.69, 9.17) is 9.47 Å². The smallest absolute Gasteiger partial charge is 0.324 e. The zero-order chi connectivity index (χ0) is 18.7. The zero-order valence-corrected chi connectivity index (χ0v) is 15.1. The van der Waals surface area contributed by atoms with Crippen LogP contribution in [0.1, 0.15) is 50.4 Å². The molecule has 2 rings (SSSR count). The van der Waals surface area contributed by atoms with Crippen molar-refractivity contribution >= 4 is 17.5 Å². The molecule has 0 bridgehead atoms. The van der Waals surface area contributed by atoms with Crippen LogP contribution in [0.4, 0.5) is 0 Å². The molecule has 0 aromatic heterocycles. The molecule has 0 radical (unpaired) electrons. The molecule has 1 atom stereocenters. The molecule has 1 aliphatic rings. The number of hydrogen-bond donors (Lipinski definition) is 0. The van der Waals surface area contributed by atoms with Gasteiger partial charge in [-0.25, -0.2) is 0 Å². The molecule has 1 aromatic rings. The van der Waals surface area contributed by atoms with Crippen LogP contribution >= 0.6 is 0 Å². The highest BCUT2D eigenvalue weighted by Gasteiger charge is 2.49. The third kappa shape index (κ3) is 4.35. The summed E-state index contributed by atoms with van der Waals surface area (Å²) in [6.07, 6.45) is 4.02. The minimum absolute atomic E-state index is 0.194. The van der Waals surface area contributed by atoms with Gasteiger partial charge in [0.1, 0.15) is 16.8 Å². The molecule has 5 nitrogen and oxygen atoms in total. The van der Waals surface area contributed by atoms with Gasteiger partial charge in [0.25, 0.3) is 0 Å². The Bertz CT molecular complexity index is 694. The number of hydrogen-bond acceptors (Lipinski definition) is 5. The SMILES string of the molecule is COc1ccc(C(=O)/C=C/[C@@]2(C(=O)OC(C)(C)C)CCCC2=O)cc1. The summed E-state index contributed by atoms with van der Waals surface area (Å²) in [5.74, 6) is -0.399. The quantitative estimate of drug-likeness (QED) is 0.354. The van der Waals surface area contributed by atoms with Crippen molar-refractivity contribution in [3.8, 4) is 5.75 Å². The van der Waals surface area contributed by atoms with Crippen LogP contribution in [0.25, 0.3) is 0 Å². The minimum atomic E-state index is -1.35. The van der Waals surface area contributed by atoms with Crippen LogP contribution in [-0.2, 0) is 14.3 Å². The molecule has 1 aromatic carbocycles. The van der Waals surface area contributed by atoms with Crippen LogP contribution in [0.5, 0.6) is 5.75 Å². The molecule has 1 saturated carbocycles. The Labute approximate surface area is 148 Å². The second kappa shape index (κ2) is 7.21. The molecule has 5 heteroatoms. The maximum Gasteiger partial charge on any atom is 0.324 e. The maximum absolute atomic E-state index is 12.6. The first-order valence-electron chi connectivity index (χ1n) is 8.32. The summed E-state index contributed by atoms with van der Waals surface area (Å²) in [5.41, 5.74) is -1.59. The Morgan fingerprint density at radius 1 is 1.16 bits per heavy atom. The van der Waals surface area contributed by atoms with Crippen LogP contribution < -0.4 is 4.74 Å². The van der Waals surface area contributed by atoms with Crippen molar-refractivity contribution in [2.45, 2.75) is 45.6 Å². The normalized spacial score (nSPS) is 20.7. The van der Waals surface area contributed by atoms with Crippen molar-refractivity contribution in [3.05, 3.63) is 42.0 Å². The van der Waals surface area contributed by atoms with Gasteiger partial charge in [0.2, 0.25) is 0 Å². The summed E-state index contributed by atoms with van der Waals surface area (Å²) in [7, 11) is 1.55. The highest BCUT2D eigenvalue weighted by molar-refractivity contribution is 6.10. The van der Waals surface area contributed by atoms with Crippen LogP contribution in [-0.4, -0.2) is 30.2 Å². The Kier molecular flexibility index (Phi) is 5.45. The molecule has 0 saturated heterocycles. The summed E-state index contributed by atoms with van der Waals surface area (Å²) < 4.78 is 10.5. The van der Waals surface area contributed by atoms with Crippen molar-refractivity contribution in [1.29, 1.82) is 0 Å². The Hall–Kier alpha value is -2.43. The molecule has 0 spiro atoms. The van der Waals surface area contributed by atoms with E-state index >= 15 is 0 Å². The summed E-state index contributed by atoms with van der Waals surface area (Å²) >= 11 is 0. The third-order valence-electron chi connectivity index (χ3n) is 4.13. The lowest BCUT2D eigenvalue weighted by Crippen LogP contribution is -2.39. The predicted molar refractivity (Wildman–Crippen MR) is 93.6 cm³/mol. The minimum Gasteiger partial charge on any atom is -0.497 e. The molecule has 134 valence electrons. The lowest BCUT2D eigenvalue weighted by Gasteiger charge is -2.27. The first-order valence-corrected chi connectivity index (χ1v) is 8.32. The first-order chi connectivity index (χ1) is 11.7. The second-order valence-corrected chi connectivity index (χ2v) is 7.18. The van der Waals surface area contributed by atoms with E-state index in [1.807, 2.05) is 0 Å². The fraction of sp³-hybridized carbons (Fsp3) is 0.450. The van der Waals surface area contributed by atoms with Crippen LogP contribution in [0.2, 0.25) is 0 Å². The highest BCUT2D eigenvalue weighted by atomic mass is 16.6. The second-order valence-electron chi connectivity index (χ2n) is 7.18. The number of benzene rings is 1. The molecule has 0 aliphatic heterocycles. The van der Waals surface area contributed by atoms with Gasteiger partial charge in [-0.3, -0.25) is 14.4 Å². The topological polar surface area (TPSA) is 69.7 Å². The number of esters is 1. The lowest BCUT2D eigenvalue weighted by molar-refractivity contribution is -0.166. The van der Waals surface area contributed by atoms with E-state index in [1.165, 1.54) is 12.2 Å². The lowest BCUT2D eigenvalue weighted by atomic mass is 9.84.